The van der Waals surface area contributed by atoms with Gasteiger partial charge in [-0.1, -0.05) is 47.5 Å². The Hall–Kier alpha value is -5.32. The molecule has 0 unspecified atom stereocenters. The van der Waals surface area contributed by atoms with Crippen LogP contribution in [0.25, 0.3) is 0 Å². The molecule has 4 aromatic rings. The number of benzene rings is 4. The van der Waals surface area contributed by atoms with Crippen molar-refractivity contribution in [1.29, 1.82) is 0 Å². The maximum Gasteiger partial charge on any atom is 0.343 e. The highest BCUT2D eigenvalue weighted by Gasteiger charge is 2.12. The van der Waals surface area contributed by atoms with E-state index in [0.29, 0.717) is 32.3 Å². The van der Waals surface area contributed by atoms with E-state index >= 15 is 0 Å². The maximum atomic E-state index is 12.4. The summed E-state index contributed by atoms with van der Waals surface area (Å²) in [5, 5.41) is 8.85. The predicted octanol–water partition coefficient (Wildman–Crippen LogP) is 6.20. The fourth-order valence-electron chi connectivity index (χ4n) is 3.72. The molecule has 0 aliphatic heterocycles. The Morgan fingerprint density at radius 1 is 0.578 bits per heavy atom. The quantitative estimate of drug-likeness (QED) is 0.0815. The number of para-hydroxylation sites is 2. The van der Waals surface area contributed by atoms with Crippen LogP contribution in [0.15, 0.2) is 107 Å². The molecule has 0 radical (unpaired) electrons. The van der Waals surface area contributed by atoms with Gasteiger partial charge in [0.2, 0.25) is 11.8 Å². The highest BCUT2D eigenvalue weighted by atomic mass is 35.5. The lowest BCUT2D eigenvalue weighted by molar-refractivity contribution is -0.122. The summed E-state index contributed by atoms with van der Waals surface area (Å²) >= 11 is 11.7. The van der Waals surface area contributed by atoms with Gasteiger partial charge in [0.25, 0.3) is 0 Å². The van der Waals surface area contributed by atoms with Gasteiger partial charge >= 0.3 is 11.9 Å². The van der Waals surface area contributed by atoms with Crippen molar-refractivity contribution >= 4 is 59.4 Å². The predicted molar refractivity (Wildman–Crippen MR) is 171 cm³/mol. The average molecular weight is 645 g/mol. The first-order chi connectivity index (χ1) is 21.8. The third-order valence-electron chi connectivity index (χ3n) is 6.00. The summed E-state index contributed by atoms with van der Waals surface area (Å²) in [4.78, 5) is 49.3. The topological polar surface area (TPSA) is 136 Å². The SMILES string of the molecule is O=C(CCCC(=O)N/N=C\c1ccccc1OC(=O)c1ccc(Cl)cc1)N/N=C\c1ccccc1OC(=O)c1ccc(Cl)cc1. The zero-order valence-electron chi connectivity index (χ0n) is 23.6. The van der Waals surface area contributed by atoms with Crippen LogP contribution in [0.3, 0.4) is 0 Å². The van der Waals surface area contributed by atoms with Crippen molar-refractivity contribution in [3.63, 3.8) is 0 Å². The molecule has 0 aromatic heterocycles. The van der Waals surface area contributed by atoms with Crippen molar-refractivity contribution in [2.24, 2.45) is 10.2 Å². The van der Waals surface area contributed by atoms with E-state index in [0.717, 1.165) is 0 Å². The molecule has 0 spiro atoms. The molecule has 228 valence electrons. The van der Waals surface area contributed by atoms with Crippen molar-refractivity contribution in [1.82, 2.24) is 10.9 Å². The summed E-state index contributed by atoms with van der Waals surface area (Å²) in [6, 6.07) is 26.0. The van der Waals surface area contributed by atoms with Gasteiger partial charge < -0.3 is 9.47 Å². The third-order valence-corrected chi connectivity index (χ3v) is 6.50. The first kappa shape index (κ1) is 32.6. The van der Waals surface area contributed by atoms with Gasteiger partial charge in [0.1, 0.15) is 11.5 Å². The fraction of sp³-hybridized carbons (Fsp3) is 0.0909. The van der Waals surface area contributed by atoms with Crippen molar-refractivity contribution in [3.05, 3.63) is 129 Å². The molecular formula is C33H26Cl2N4O6. The number of carbonyl (C=O) groups excluding carboxylic acids is 4. The van der Waals surface area contributed by atoms with E-state index in [1.54, 1.807) is 97.1 Å². The molecule has 2 N–H and O–H groups in total. The van der Waals surface area contributed by atoms with Gasteiger partial charge in [-0.25, -0.2) is 20.4 Å². The number of carbonyl (C=O) groups is 4. The molecular weight excluding hydrogens is 619 g/mol. The Morgan fingerprint density at radius 3 is 1.36 bits per heavy atom. The molecule has 0 aliphatic rings. The van der Waals surface area contributed by atoms with Gasteiger partial charge in [-0.15, -0.1) is 0 Å². The van der Waals surface area contributed by atoms with Crippen molar-refractivity contribution in [2.75, 3.05) is 0 Å². The number of halogens is 2. The Balaban J connectivity index is 1.20. The third kappa shape index (κ3) is 10.4. The normalized spacial score (nSPS) is 10.9. The lowest BCUT2D eigenvalue weighted by Gasteiger charge is -2.07. The molecule has 10 nitrogen and oxygen atoms in total. The van der Waals surface area contributed by atoms with Gasteiger partial charge in [0, 0.05) is 34.0 Å². The zero-order chi connectivity index (χ0) is 32.0. The van der Waals surface area contributed by atoms with Crippen molar-refractivity contribution in [3.8, 4) is 11.5 Å². The van der Waals surface area contributed by atoms with Crippen LogP contribution in [0, 0.1) is 0 Å². The molecule has 45 heavy (non-hydrogen) atoms. The molecule has 0 atom stereocenters. The number of hydrogen-bond acceptors (Lipinski definition) is 8. The second-order valence-electron chi connectivity index (χ2n) is 9.31. The van der Waals surface area contributed by atoms with Crippen LogP contribution in [0.4, 0.5) is 0 Å². The molecule has 4 aromatic carbocycles. The van der Waals surface area contributed by atoms with E-state index in [1.165, 1.54) is 12.4 Å². The Morgan fingerprint density at radius 2 is 0.956 bits per heavy atom. The van der Waals surface area contributed by atoms with Gasteiger partial charge in [-0.05, 0) is 79.2 Å². The van der Waals surface area contributed by atoms with E-state index in [-0.39, 0.29) is 30.8 Å². The van der Waals surface area contributed by atoms with E-state index in [9.17, 15) is 19.2 Å². The van der Waals surface area contributed by atoms with Crippen LogP contribution in [0.5, 0.6) is 11.5 Å². The van der Waals surface area contributed by atoms with E-state index in [2.05, 4.69) is 21.1 Å². The minimum atomic E-state index is -0.569. The lowest BCUT2D eigenvalue weighted by Crippen LogP contribution is -2.20. The number of esters is 2. The van der Waals surface area contributed by atoms with Gasteiger partial charge in [-0.3, -0.25) is 9.59 Å². The number of hydrogen-bond donors (Lipinski definition) is 2. The summed E-state index contributed by atoms with van der Waals surface area (Å²) in [7, 11) is 0. The average Bonchev–Trinajstić information content (AvgIpc) is 3.03. The molecule has 2 amide bonds. The summed E-state index contributed by atoms with van der Waals surface area (Å²) < 4.78 is 10.9. The maximum absolute atomic E-state index is 12.4. The highest BCUT2D eigenvalue weighted by molar-refractivity contribution is 6.31. The van der Waals surface area contributed by atoms with Crippen molar-refractivity contribution in [2.45, 2.75) is 19.3 Å². The number of amides is 2. The van der Waals surface area contributed by atoms with Gasteiger partial charge in [-0.2, -0.15) is 10.2 Å². The van der Waals surface area contributed by atoms with Crippen LogP contribution < -0.4 is 20.3 Å². The first-order valence-electron chi connectivity index (χ1n) is 13.6. The van der Waals surface area contributed by atoms with Crippen LogP contribution in [0.1, 0.15) is 51.1 Å². The zero-order valence-corrected chi connectivity index (χ0v) is 25.1. The lowest BCUT2D eigenvalue weighted by atomic mass is 10.2. The Bertz CT molecular complexity index is 1600. The number of hydrazone groups is 2. The standard InChI is InChI=1S/C33H26Cl2N4O6/c34-26-16-12-22(13-17-26)32(42)44-28-8-3-1-6-24(28)20-36-38-30(40)10-5-11-31(41)39-37-21-25-7-2-4-9-29(25)45-33(43)23-14-18-27(35)19-15-23/h1-4,6-9,12-21H,5,10-11H2,(H,38,40)(H,39,41)/b36-20-,37-21-. The summed E-state index contributed by atoms with van der Waals surface area (Å²) in [6.45, 7) is 0. The van der Waals surface area contributed by atoms with E-state index in [1.807, 2.05) is 0 Å². The molecule has 0 fully saturated rings. The molecule has 0 bridgehead atoms. The summed E-state index contributed by atoms with van der Waals surface area (Å²) in [6.07, 6.45) is 3.02. The molecule has 4 rings (SSSR count). The number of rotatable bonds is 12. The molecule has 0 saturated heterocycles. The van der Waals surface area contributed by atoms with Crippen LogP contribution in [-0.2, 0) is 9.59 Å². The number of nitrogens with zero attached hydrogens (tertiary/aromatic N) is 2. The Labute approximate surface area is 268 Å². The number of ether oxygens (including phenoxy) is 2. The summed E-state index contributed by atoms with van der Waals surface area (Å²) in [5.74, 6) is -1.43. The molecule has 0 saturated carbocycles. The largest absolute Gasteiger partial charge is 0.422 e. The monoisotopic (exact) mass is 644 g/mol. The minimum Gasteiger partial charge on any atom is -0.422 e. The fourth-order valence-corrected chi connectivity index (χ4v) is 3.97. The second kappa shape index (κ2) is 16.5. The van der Waals surface area contributed by atoms with Crippen LogP contribution in [0.2, 0.25) is 10.0 Å². The number of nitrogens with one attached hydrogen (secondary N) is 2. The van der Waals surface area contributed by atoms with Crippen LogP contribution >= 0.6 is 23.2 Å². The molecule has 0 heterocycles. The van der Waals surface area contributed by atoms with Crippen molar-refractivity contribution < 1.29 is 28.7 Å². The minimum absolute atomic E-state index is 0.0329. The summed E-state index contributed by atoms with van der Waals surface area (Å²) in [5.41, 5.74) is 6.38. The first-order valence-corrected chi connectivity index (χ1v) is 14.3. The van der Waals surface area contributed by atoms with Gasteiger partial charge in [0.05, 0.1) is 23.6 Å². The Kier molecular flexibility index (Phi) is 12.0. The molecule has 12 heteroatoms. The highest BCUT2D eigenvalue weighted by Crippen LogP contribution is 2.20. The second-order valence-corrected chi connectivity index (χ2v) is 10.2. The van der Waals surface area contributed by atoms with Gasteiger partial charge in [0.15, 0.2) is 0 Å². The smallest absolute Gasteiger partial charge is 0.343 e. The molecule has 0 aliphatic carbocycles. The van der Waals surface area contributed by atoms with E-state index < -0.39 is 23.8 Å². The van der Waals surface area contributed by atoms with Crippen LogP contribution in [-0.4, -0.2) is 36.2 Å². The van der Waals surface area contributed by atoms with E-state index in [4.69, 9.17) is 32.7 Å².